The first kappa shape index (κ1) is 13.1. The van der Waals surface area contributed by atoms with Crippen LogP contribution in [0.15, 0.2) is 48.6 Å². The number of benzene rings is 2. The van der Waals surface area contributed by atoms with Crippen molar-refractivity contribution in [2.24, 2.45) is 0 Å². The third-order valence-corrected chi connectivity index (χ3v) is 3.06. The van der Waals surface area contributed by atoms with Gasteiger partial charge in [-0.25, -0.2) is 4.79 Å². The minimum absolute atomic E-state index is 0.573. The van der Waals surface area contributed by atoms with Crippen molar-refractivity contribution >= 4 is 22.4 Å². The van der Waals surface area contributed by atoms with Gasteiger partial charge in [-0.05, 0) is 29.8 Å². The van der Waals surface area contributed by atoms with Crippen LogP contribution in [0.5, 0.6) is 0 Å². The molecule has 0 saturated carbocycles. The van der Waals surface area contributed by atoms with Crippen LogP contribution in [-0.2, 0) is 4.79 Å². The Hall–Kier alpha value is -2.29. The lowest BCUT2D eigenvalue weighted by molar-refractivity contribution is -0.131. The quantitative estimate of drug-likeness (QED) is 0.853. The van der Waals surface area contributed by atoms with Gasteiger partial charge in [0.2, 0.25) is 0 Å². The summed E-state index contributed by atoms with van der Waals surface area (Å²) in [6, 6.07) is 12.6. The molecule has 0 saturated heterocycles. The zero-order valence-electron chi connectivity index (χ0n) is 11.1. The Morgan fingerprint density at radius 2 is 1.89 bits per heavy atom. The largest absolute Gasteiger partial charge is 0.478 e. The molecule has 0 unspecified atom stereocenters. The van der Waals surface area contributed by atoms with Gasteiger partial charge in [0.15, 0.2) is 0 Å². The number of nitrogens with zero attached hydrogens (tertiary/aromatic N) is 1. The average Bonchev–Trinajstić information content (AvgIpc) is 2.37. The zero-order valence-corrected chi connectivity index (χ0v) is 11.1. The number of aliphatic carboxylic acids is 1. The van der Waals surface area contributed by atoms with E-state index in [1.165, 1.54) is 22.4 Å². The third-order valence-electron chi connectivity index (χ3n) is 3.06. The highest BCUT2D eigenvalue weighted by Crippen LogP contribution is 2.22. The van der Waals surface area contributed by atoms with Crippen LogP contribution in [0.3, 0.4) is 0 Å². The third kappa shape index (κ3) is 3.35. The fourth-order valence-electron chi connectivity index (χ4n) is 2.01. The smallest absolute Gasteiger partial charge is 0.328 e. The Labute approximate surface area is 112 Å². The lowest BCUT2D eigenvalue weighted by Gasteiger charge is -2.17. The molecule has 3 heteroatoms. The van der Waals surface area contributed by atoms with Crippen molar-refractivity contribution in [2.45, 2.75) is 6.92 Å². The molecule has 0 aliphatic carbocycles. The highest BCUT2D eigenvalue weighted by atomic mass is 16.4. The van der Waals surface area contributed by atoms with E-state index in [0.717, 1.165) is 5.69 Å². The number of likely N-dealkylation sites (N-methyl/N-ethyl adjacent to an activating group) is 1. The average molecular weight is 255 g/mol. The highest BCUT2D eigenvalue weighted by molar-refractivity contribution is 5.86. The minimum atomic E-state index is -0.914. The predicted octanol–water partition coefficient (Wildman–Crippen LogP) is 3.23. The Bertz CT molecular complexity index is 632. The van der Waals surface area contributed by atoms with E-state index in [-0.39, 0.29) is 0 Å². The molecule has 2 rings (SSSR count). The monoisotopic (exact) mass is 255 g/mol. The Morgan fingerprint density at radius 1 is 1.21 bits per heavy atom. The lowest BCUT2D eigenvalue weighted by Crippen LogP contribution is -2.16. The molecule has 19 heavy (non-hydrogen) atoms. The van der Waals surface area contributed by atoms with Crippen molar-refractivity contribution in [2.75, 3.05) is 18.5 Å². The maximum Gasteiger partial charge on any atom is 0.328 e. The summed E-state index contributed by atoms with van der Waals surface area (Å²) in [6.07, 6.45) is 2.81. The van der Waals surface area contributed by atoms with Crippen LogP contribution < -0.4 is 4.90 Å². The van der Waals surface area contributed by atoms with Gasteiger partial charge in [0, 0.05) is 25.4 Å². The highest BCUT2D eigenvalue weighted by Gasteiger charge is 2.01. The number of rotatable bonds is 4. The van der Waals surface area contributed by atoms with E-state index >= 15 is 0 Å². The number of hydrogen-bond donors (Lipinski definition) is 1. The summed E-state index contributed by atoms with van der Waals surface area (Å²) < 4.78 is 0. The number of aryl methyl sites for hydroxylation is 1. The maximum absolute atomic E-state index is 10.4. The van der Waals surface area contributed by atoms with Crippen molar-refractivity contribution in [1.29, 1.82) is 0 Å². The van der Waals surface area contributed by atoms with E-state index in [1.807, 2.05) is 11.9 Å². The van der Waals surface area contributed by atoms with E-state index in [2.05, 4.69) is 43.3 Å². The summed E-state index contributed by atoms with van der Waals surface area (Å²) in [4.78, 5) is 12.4. The van der Waals surface area contributed by atoms with Crippen LogP contribution >= 0.6 is 0 Å². The Morgan fingerprint density at radius 3 is 2.63 bits per heavy atom. The fourth-order valence-corrected chi connectivity index (χ4v) is 2.01. The van der Waals surface area contributed by atoms with Gasteiger partial charge >= 0.3 is 5.97 Å². The number of fused-ring (bicyclic) bond motifs is 1. The van der Waals surface area contributed by atoms with E-state index in [1.54, 1.807) is 6.08 Å². The SMILES string of the molecule is Cc1ccc2cc(N(C)C/C=C/C(=O)O)ccc2c1. The molecule has 1 N–H and O–H groups in total. The predicted molar refractivity (Wildman–Crippen MR) is 78.7 cm³/mol. The van der Waals surface area contributed by atoms with Gasteiger partial charge in [-0.15, -0.1) is 0 Å². The van der Waals surface area contributed by atoms with Crippen molar-refractivity contribution in [1.82, 2.24) is 0 Å². The molecule has 0 bridgehead atoms. The summed E-state index contributed by atoms with van der Waals surface area (Å²) in [5, 5.41) is 11.0. The summed E-state index contributed by atoms with van der Waals surface area (Å²) in [7, 11) is 1.95. The van der Waals surface area contributed by atoms with Gasteiger partial charge in [-0.3, -0.25) is 0 Å². The van der Waals surface area contributed by atoms with E-state index in [4.69, 9.17) is 5.11 Å². The molecule has 2 aromatic rings. The van der Waals surface area contributed by atoms with Crippen LogP contribution in [0.25, 0.3) is 10.8 Å². The van der Waals surface area contributed by atoms with Crippen LogP contribution in [0.1, 0.15) is 5.56 Å². The van der Waals surface area contributed by atoms with Gasteiger partial charge in [0.25, 0.3) is 0 Å². The summed E-state index contributed by atoms with van der Waals surface area (Å²) in [5.74, 6) is -0.914. The van der Waals surface area contributed by atoms with Crippen molar-refractivity contribution in [3.63, 3.8) is 0 Å². The second-order valence-corrected chi connectivity index (χ2v) is 4.66. The summed E-state index contributed by atoms with van der Waals surface area (Å²) in [5.41, 5.74) is 2.32. The van der Waals surface area contributed by atoms with E-state index in [9.17, 15) is 4.79 Å². The van der Waals surface area contributed by atoms with E-state index in [0.29, 0.717) is 6.54 Å². The van der Waals surface area contributed by atoms with Gasteiger partial charge in [-0.1, -0.05) is 35.9 Å². The van der Waals surface area contributed by atoms with Crippen LogP contribution in [0.2, 0.25) is 0 Å². The molecular formula is C16H17NO2. The molecule has 2 aromatic carbocycles. The first-order chi connectivity index (χ1) is 9.06. The molecule has 0 radical (unpaired) electrons. The number of anilines is 1. The molecule has 0 atom stereocenters. The molecule has 0 amide bonds. The van der Waals surface area contributed by atoms with Gasteiger partial charge in [-0.2, -0.15) is 0 Å². The topological polar surface area (TPSA) is 40.5 Å². The molecule has 0 aromatic heterocycles. The number of hydrogen-bond acceptors (Lipinski definition) is 2. The Balaban J connectivity index is 2.20. The molecular weight excluding hydrogens is 238 g/mol. The summed E-state index contributed by atoms with van der Waals surface area (Å²) in [6.45, 7) is 2.65. The molecule has 0 aliphatic rings. The number of carbonyl (C=O) groups is 1. The van der Waals surface area contributed by atoms with Crippen molar-refractivity contribution < 1.29 is 9.90 Å². The molecule has 98 valence electrons. The van der Waals surface area contributed by atoms with Crippen LogP contribution in [0.4, 0.5) is 5.69 Å². The minimum Gasteiger partial charge on any atom is -0.478 e. The number of carboxylic acid groups (broad SMARTS) is 1. The second-order valence-electron chi connectivity index (χ2n) is 4.66. The van der Waals surface area contributed by atoms with Crippen molar-refractivity contribution in [3.05, 3.63) is 54.1 Å². The second kappa shape index (κ2) is 5.57. The normalized spacial score (nSPS) is 11.1. The standard InChI is InChI=1S/C16H17NO2/c1-12-5-6-14-11-15(8-7-13(14)10-12)17(2)9-3-4-16(18)19/h3-8,10-11H,9H2,1-2H3,(H,18,19)/b4-3+. The molecule has 0 aliphatic heterocycles. The fraction of sp³-hybridized carbons (Fsp3) is 0.188. The zero-order chi connectivity index (χ0) is 13.8. The lowest BCUT2D eigenvalue weighted by atomic mass is 10.1. The van der Waals surface area contributed by atoms with Gasteiger partial charge in [0.05, 0.1) is 0 Å². The molecule has 0 spiro atoms. The first-order valence-corrected chi connectivity index (χ1v) is 6.17. The summed E-state index contributed by atoms with van der Waals surface area (Å²) >= 11 is 0. The van der Waals surface area contributed by atoms with Crippen molar-refractivity contribution in [3.8, 4) is 0 Å². The van der Waals surface area contributed by atoms with Gasteiger partial charge < -0.3 is 10.0 Å². The number of carboxylic acids is 1. The molecule has 0 fully saturated rings. The van der Waals surface area contributed by atoms with Crippen LogP contribution in [0, 0.1) is 6.92 Å². The first-order valence-electron chi connectivity index (χ1n) is 6.17. The van der Waals surface area contributed by atoms with E-state index < -0.39 is 5.97 Å². The van der Waals surface area contributed by atoms with Gasteiger partial charge in [0.1, 0.15) is 0 Å². The molecule has 0 heterocycles. The molecule has 3 nitrogen and oxygen atoms in total. The van der Waals surface area contributed by atoms with Crippen LogP contribution in [-0.4, -0.2) is 24.7 Å². The maximum atomic E-state index is 10.4. The Kier molecular flexibility index (Phi) is 3.85.